The Bertz CT molecular complexity index is 6410. The number of fused-ring (bicyclic) bond motifs is 18. The molecule has 0 fully saturated rings. The Balaban J connectivity index is 0.941. The summed E-state index contributed by atoms with van der Waals surface area (Å²) in [4.78, 5) is 0. The smallest absolute Gasteiger partial charge is 0.309 e. The highest BCUT2D eigenvalue weighted by atomic mass is 19.4. The number of alkyl halides is 3. The number of rotatable bonds is 7. The number of hydrogen-bond acceptors (Lipinski definition) is 2. The summed E-state index contributed by atoms with van der Waals surface area (Å²) in [7, 11) is 0. The Hall–Kier alpha value is -13.4. The molecule has 0 aliphatic rings. The van der Waals surface area contributed by atoms with Crippen LogP contribution in [-0.4, -0.2) is 27.4 Å². The third-order valence-corrected chi connectivity index (χ3v) is 20.3. The van der Waals surface area contributed by atoms with E-state index in [1.54, 1.807) is 12.1 Å². The Morgan fingerprint density at radius 2 is 0.500 bits per heavy atom. The molecule has 14 aromatic carbocycles. The normalized spacial score (nSPS) is 12.2. The van der Waals surface area contributed by atoms with Gasteiger partial charge in [-0.1, -0.05) is 176 Å². The summed E-state index contributed by atoms with van der Waals surface area (Å²) in [5, 5.41) is 35.6. The van der Waals surface area contributed by atoms with Gasteiger partial charge in [0.1, 0.15) is 6.07 Å². The molecule has 6 heterocycles. The van der Waals surface area contributed by atoms with Crippen molar-refractivity contribution in [2.24, 2.45) is 0 Å². The Morgan fingerprint density at radius 3 is 0.776 bits per heavy atom. The van der Waals surface area contributed by atoms with Crippen molar-refractivity contribution in [3.8, 4) is 57.4 Å². The molecule has 0 N–H and O–H groups in total. The Labute approximate surface area is 556 Å². The topological polar surface area (TPSA) is 77.2 Å². The van der Waals surface area contributed by atoms with Crippen molar-refractivity contribution in [2.45, 2.75) is 6.18 Å². The van der Waals surface area contributed by atoms with Gasteiger partial charge in [0.2, 0.25) is 0 Å². The molecule has 0 aliphatic carbocycles. The van der Waals surface area contributed by atoms with Gasteiger partial charge >= 0.3 is 6.18 Å². The van der Waals surface area contributed by atoms with Crippen LogP contribution in [0.2, 0.25) is 0 Å². The van der Waals surface area contributed by atoms with Gasteiger partial charge in [0.15, 0.2) is 0 Å². The quantitative estimate of drug-likeness (QED) is 0.159. The van der Waals surface area contributed by atoms with E-state index in [-0.39, 0.29) is 27.9 Å². The average Bonchev–Trinajstić information content (AvgIpc) is 1.52. The molecule has 11 heteroatoms. The predicted molar refractivity (Wildman–Crippen MR) is 392 cm³/mol. The van der Waals surface area contributed by atoms with Gasteiger partial charge in [0, 0.05) is 98.5 Å². The number of aromatic nitrogens is 6. The molecule has 8 nitrogen and oxygen atoms in total. The molecule has 0 amide bonds. The molecule has 0 unspecified atom stereocenters. The van der Waals surface area contributed by atoms with E-state index in [4.69, 9.17) is 0 Å². The third kappa shape index (κ3) is 7.75. The van der Waals surface area contributed by atoms with Gasteiger partial charge < -0.3 is 27.4 Å². The van der Waals surface area contributed by atoms with Crippen molar-refractivity contribution in [2.75, 3.05) is 0 Å². The lowest BCUT2D eigenvalue weighted by atomic mass is 9.91. The maximum Gasteiger partial charge on any atom is 0.417 e. The van der Waals surface area contributed by atoms with E-state index in [1.165, 1.54) is 12.1 Å². The van der Waals surface area contributed by atoms with Crippen LogP contribution in [0.25, 0.3) is 176 Å². The number of nitrogens with zero attached hydrogens (tertiary/aromatic N) is 8. The summed E-state index contributed by atoms with van der Waals surface area (Å²) >= 11 is 0. The molecular formula is C87H49F3N8. The lowest BCUT2D eigenvalue weighted by molar-refractivity contribution is -0.137. The van der Waals surface area contributed by atoms with Gasteiger partial charge in [-0.3, -0.25) is 0 Å². The molecule has 0 saturated heterocycles. The first kappa shape index (κ1) is 55.1. The molecule has 0 bridgehead atoms. The zero-order valence-electron chi connectivity index (χ0n) is 52.0. The first-order valence-electron chi connectivity index (χ1n) is 32.5. The number of benzene rings is 14. The van der Waals surface area contributed by atoms with Crippen molar-refractivity contribution in [3.63, 3.8) is 0 Å². The van der Waals surface area contributed by atoms with Crippen LogP contribution < -0.4 is 0 Å². The minimum absolute atomic E-state index is 0.0962. The van der Waals surface area contributed by atoms with Crippen LogP contribution in [0.3, 0.4) is 0 Å². The van der Waals surface area contributed by atoms with Gasteiger partial charge in [0.25, 0.3) is 0 Å². The summed E-state index contributed by atoms with van der Waals surface area (Å²) in [6.07, 6.45) is -4.94. The maximum absolute atomic E-state index is 16.5. The number of nitriles is 2. The molecule has 98 heavy (non-hydrogen) atoms. The fourth-order valence-electron chi connectivity index (χ4n) is 16.3. The highest BCUT2D eigenvalue weighted by Crippen LogP contribution is 2.48. The summed E-state index contributed by atoms with van der Waals surface area (Å²) in [5.41, 5.74) is 13.4. The molecule has 0 spiro atoms. The van der Waals surface area contributed by atoms with Crippen LogP contribution in [-0.2, 0) is 6.18 Å². The van der Waals surface area contributed by atoms with Crippen LogP contribution in [0, 0.1) is 22.7 Å². The highest BCUT2D eigenvalue weighted by molar-refractivity contribution is 6.17. The summed E-state index contributed by atoms with van der Waals surface area (Å²) in [6.45, 7) is 0. The van der Waals surface area contributed by atoms with Crippen LogP contribution in [0.15, 0.2) is 297 Å². The molecule has 458 valence electrons. The largest absolute Gasteiger partial charge is 0.417 e. The molecule has 0 saturated carbocycles. The van der Waals surface area contributed by atoms with Crippen LogP contribution in [0.5, 0.6) is 0 Å². The predicted octanol–water partition coefficient (Wildman–Crippen LogP) is 22.7. The summed E-state index contributed by atoms with van der Waals surface area (Å²) in [5.74, 6) is 0. The summed E-state index contributed by atoms with van der Waals surface area (Å²) < 4.78 is 62.6. The summed E-state index contributed by atoms with van der Waals surface area (Å²) in [6, 6.07) is 104. The highest BCUT2D eigenvalue weighted by Gasteiger charge is 2.37. The lowest BCUT2D eigenvalue weighted by Gasteiger charge is -2.22. The fraction of sp³-hybridized carbons (Fsp3) is 0.0115. The van der Waals surface area contributed by atoms with Gasteiger partial charge in [-0.2, -0.15) is 23.7 Å². The second-order valence-electron chi connectivity index (χ2n) is 25.3. The molecule has 6 aromatic heterocycles. The van der Waals surface area contributed by atoms with Crippen LogP contribution in [0.4, 0.5) is 13.2 Å². The monoisotopic (exact) mass is 1260 g/mol. The Kier molecular flexibility index (Phi) is 11.6. The van der Waals surface area contributed by atoms with E-state index in [2.05, 4.69) is 205 Å². The minimum Gasteiger partial charge on any atom is -0.309 e. The fourth-order valence-corrected chi connectivity index (χ4v) is 16.3. The van der Waals surface area contributed by atoms with E-state index < -0.39 is 11.7 Å². The number of halogens is 3. The third-order valence-electron chi connectivity index (χ3n) is 20.3. The van der Waals surface area contributed by atoms with Crippen molar-refractivity contribution in [1.29, 1.82) is 10.5 Å². The molecule has 0 atom stereocenters. The van der Waals surface area contributed by atoms with E-state index in [0.29, 0.717) is 27.8 Å². The average molecular weight is 1260 g/mol. The first-order valence-corrected chi connectivity index (χ1v) is 32.5. The van der Waals surface area contributed by atoms with Gasteiger partial charge in [-0.15, -0.1) is 0 Å². The SMILES string of the molecule is N#Cc1cc(-n2c3cc(-n4c5ccccc5c5ccccc54)ccc3c3ccc(-n4c5ccccc5c5ccccc54)cc32)c(-c2c(C#N)cccc2C(F)(F)F)cc1-n1c2cc(-n3c4ccccc4c4ccccc43)ccc2c2ccc(-n3c4ccccc4c4ccccc43)cc21. The zero-order valence-corrected chi connectivity index (χ0v) is 52.0. The van der Waals surface area contributed by atoms with E-state index in [9.17, 15) is 10.5 Å². The zero-order chi connectivity index (χ0) is 65.2. The van der Waals surface area contributed by atoms with Crippen molar-refractivity contribution >= 4 is 131 Å². The minimum atomic E-state index is -4.94. The van der Waals surface area contributed by atoms with Gasteiger partial charge in [0.05, 0.1) is 100 Å². The standard InChI is InChI=1S/C87H49F3N8/c88-87(89,90)71-27-17-18-52(50-91)86(71)70-49-80(97-82-45-54(93-72-28-9-1-19-58(72)59-20-2-10-29-73(59)93)36-40-66(82)67-41-37-55(46-83(67)97)94-74-30-11-3-21-60(74)61-22-4-12-31-75(61)94)53(51-92)44-81(70)98-84-47-56(95-76-32-13-5-23-62(76)63-24-6-14-33-77(63)95)38-42-68(84)69-43-39-57(48-85(69)98)96-78-34-15-7-25-64(78)65-26-8-16-35-79(65)96/h1-49H. The number of para-hydroxylation sites is 8. The molecule has 0 radical (unpaired) electrons. The van der Waals surface area contributed by atoms with E-state index in [0.717, 1.165) is 138 Å². The van der Waals surface area contributed by atoms with Gasteiger partial charge in [-0.05, 0) is 121 Å². The lowest BCUT2D eigenvalue weighted by Crippen LogP contribution is -2.11. The Morgan fingerprint density at radius 1 is 0.235 bits per heavy atom. The second-order valence-corrected chi connectivity index (χ2v) is 25.3. The molecule has 0 aliphatic heterocycles. The number of hydrogen-bond donors (Lipinski definition) is 0. The van der Waals surface area contributed by atoms with Gasteiger partial charge in [-0.25, -0.2) is 0 Å². The van der Waals surface area contributed by atoms with Crippen LogP contribution in [0.1, 0.15) is 16.7 Å². The van der Waals surface area contributed by atoms with E-state index in [1.807, 2.05) is 102 Å². The van der Waals surface area contributed by atoms with Crippen molar-refractivity contribution in [3.05, 3.63) is 314 Å². The molecule has 20 rings (SSSR count). The maximum atomic E-state index is 16.5. The van der Waals surface area contributed by atoms with E-state index >= 15 is 13.2 Å². The molecular weight excluding hydrogens is 1210 g/mol. The first-order chi connectivity index (χ1) is 48.2. The van der Waals surface area contributed by atoms with Crippen molar-refractivity contribution in [1.82, 2.24) is 27.4 Å². The second kappa shape index (κ2) is 20.6. The van der Waals surface area contributed by atoms with Crippen LogP contribution >= 0.6 is 0 Å². The molecule has 20 aromatic rings. The van der Waals surface area contributed by atoms with Crippen molar-refractivity contribution < 1.29 is 13.2 Å².